The minimum absolute atomic E-state index is 0.0584. The number of carboxylic acid groups (broad SMARTS) is 2. The van der Waals surface area contributed by atoms with Gasteiger partial charge in [0.15, 0.2) is 0 Å². The molecule has 0 aromatic carbocycles. The zero-order valence-electron chi connectivity index (χ0n) is 14.4. The van der Waals surface area contributed by atoms with Crippen LogP contribution in [0.3, 0.4) is 0 Å². The molecule has 1 rings (SSSR count). The number of likely N-dealkylation sites (tertiary alicyclic amines) is 1. The van der Waals surface area contributed by atoms with Gasteiger partial charge in [0.05, 0.1) is 12.6 Å². The van der Waals surface area contributed by atoms with Gasteiger partial charge in [0, 0.05) is 13.0 Å². The van der Waals surface area contributed by atoms with Gasteiger partial charge in [0.2, 0.25) is 17.7 Å². The van der Waals surface area contributed by atoms with Crippen LogP contribution in [0.1, 0.15) is 32.6 Å². The van der Waals surface area contributed by atoms with Crippen LogP contribution in [0.2, 0.25) is 0 Å². The molecule has 1 aliphatic rings. The van der Waals surface area contributed by atoms with E-state index in [1.807, 2.05) is 0 Å². The average molecular weight is 372 g/mol. The fraction of sp³-hybridized carbons (Fsp3) is 0.667. The molecule has 3 unspecified atom stereocenters. The lowest BCUT2D eigenvalue weighted by Gasteiger charge is -2.25. The van der Waals surface area contributed by atoms with Crippen LogP contribution in [0.25, 0.3) is 0 Å². The van der Waals surface area contributed by atoms with Crippen LogP contribution in [0, 0.1) is 0 Å². The van der Waals surface area contributed by atoms with E-state index in [0.717, 1.165) is 0 Å². The number of carbonyl (C=O) groups is 5. The van der Waals surface area contributed by atoms with Crippen molar-refractivity contribution in [1.82, 2.24) is 15.5 Å². The van der Waals surface area contributed by atoms with E-state index in [1.165, 1.54) is 11.8 Å². The second-order valence-electron chi connectivity index (χ2n) is 6.07. The molecule has 1 aliphatic heterocycles. The minimum atomic E-state index is -1.18. The van der Waals surface area contributed by atoms with Gasteiger partial charge in [0.25, 0.3) is 0 Å². The first-order valence-corrected chi connectivity index (χ1v) is 8.21. The third-order valence-electron chi connectivity index (χ3n) is 4.02. The molecule has 0 saturated carbocycles. The van der Waals surface area contributed by atoms with E-state index in [4.69, 9.17) is 15.9 Å². The third kappa shape index (κ3) is 6.31. The van der Waals surface area contributed by atoms with Crippen LogP contribution in [-0.2, 0) is 24.0 Å². The summed E-state index contributed by atoms with van der Waals surface area (Å²) in [6.07, 6.45) is 0.656. The van der Waals surface area contributed by atoms with Crippen LogP contribution in [0.4, 0.5) is 0 Å². The molecule has 3 atom stereocenters. The molecule has 1 saturated heterocycles. The van der Waals surface area contributed by atoms with Crippen molar-refractivity contribution in [3.63, 3.8) is 0 Å². The van der Waals surface area contributed by atoms with Gasteiger partial charge in [-0.05, 0) is 26.2 Å². The summed E-state index contributed by atoms with van der Waals surface area (Å²) in [6.45, 7) is 1.26. The SMILES string of the molecule is CC(NC(=O)C1CCCN1C(=O)CNC(=O)C(N)CCC(=O)O)C(=O)O. The van der Waals surface area contributed by atoms with Crippen molar-refractivity contribution in [1.29, 1.82) is 0 Å². The van der Waals surface area contributed by atoms with Gasteiger partial charge < -0.3 is 31.5 Å². The topological polar surface area (TPSA) is 179 Å². The molecule has 11 nitrogen and oxygen atoms in total. The number of amides is 3. The van der Waals surface area contributed by atoms with Crippen molar-refractivity contribution >= 4 is 29.7 Å². The number of hydrogen-bond donors (Lipinski definition) is 5. The Balaban J connectivity index is 2.52. The molecule has 1 fully saturated rings. The highest BCUT2D eigenvalue weighted by Gasteiger charge is 2.35. The Labute approximate surface area is 149 Å². The highest BCUT2D eigenvalue weighted by Crippen LogP contribution is 2.17. The van der Waals surface area contributed by atoms with E-state index >= 15 is 0 Å². The predicted octanol–water partition coefficient (Wildman–Crippen LogP) is -2.12. The summed E-state index contributed by atoms with van der Waals surface area (Å²) < 4.78 is 0. The molecule has 0 aromatic heterocycles. The maximum Gasteiger partial charge on any atom is 0.325 e. The summed E-state index contributed by atoms with van der Waals surface area (Å²) in [5.74, 6) is -3.97. The zero-order chi connectivity index (χ0) is 19.9. The number of aliphatic carboxylic acids is 2. The van der Waals surface area contributed by atoms with Crippen molar-refractivity contribution in [2.75, 3.05) is 13.1 Å². The summed E-state index contributed by atoms with van der Waals surface area (Å²) in [4.78, 5) is 58.7. The van der Waals surface area contributed by atoms with Crippen molar-refractivity contribution in [3.05, 3.63) is 0 Å². The van der Waals surface area contributed by atoms with Crippen molar-refractivity contribution in [2.45, 2.75) is 50.7 Å². The number of rotatable bonds is 9. The Hall–Kier alpha value is -2.69. The van der Waals surface area contributed by atoms with E-state index in [1.54, 1.807) is 0 Å². The van der Waals surface area contributed by atoms with E-state index in [0.29, 0.717) is 19.4 Å². The number of carboxylic acids is 2. The second kappa shape index (κ2) is 9.70. The van der Waals surface area contributed by atoms with Crippen molar-refractivity contribution < 1.29 is 34.2 Å². The van der Waals surface area contributed by atoms with Gasteiger partial charge in [-0.2, -0.15) is 0 Å². The Bertz CT molecular complexity index is 580. The number of nitrogens with two attached hydrogens (primary N) is 1. The average Bonchev–Trinajstić information content (AvgIpc) is 3.06. The lowest BCUT2D eigenvalue weighted by atomic mass is 10.1. The van der Waals surface area contributed by atoms with Crippen LogP contribution in [-0.4, -0.2) is 76.0 Å². The first-order chi connectivity index (χ1) is 12.1. The molecular formula is C15H24N4O7. The molecular weight excluding hydrogens is 348 g/mol. The van der Waals surface area contributed by atoms with Gasteiger partial charge in [0.1, 0.15) is 12.1 Å². The Morgan fingerprint density at radius 2 is 1.88 bits per heavy atom. The van der Waals surface area contributed by atoms with Gasteiger partial charge in [-0.3, -0.25) is 24.0 Å². The Kier molecular flexibility index (Phi) is 7.97. The minimum Gasteiger partial charge on any atom is -0.481 e. The number of nitrogens with zero attached hydrogens (tertiary/aromatic N) is 1. The maximum absolute atomic E-state index is 12.3. The lowest BCUT2D eigenvalue weighted by Crippen LogP contribution is -2.52. The molecule has 0 spiro atoms. The standard InChI is InChI=1S/C15H24N4O7/c1-8(15(25)26)18-14(24)10-3-2-6-19(10)11(20)7-17-13(23)9(16)4-5-12(21)22/h8-10H,2-7,16H2,1H3,(H,17,23)(H,18,24)(H,21,22)(H,25,26). The second-order valence-corrected chi connectivity index (χ2v) is 6.07. The first-order valence-electron chi connectivity index (χ1n) is 8.21. The van der Waals surface area contributed by atoms with Crippen LogP contribution < -0.4 is 16.4 Å². The highest BCUT2D eigenvalue weighted by atomic mass is 16.4. The smallest absolute Gasteiger partial charge is 0.325 e. The van der Waals surface area contributed by atoms with E-state index < -0.39 is 47.8 Å². The van der Waals surface area contributed by atoms with Gasteiger partial charge >= 0.3 is 11.9 Å². The number of carbonyl (C=O) groups excluding carboxylic acids is 3. The fourth-order valence-electron chi connectivity index (χ4n) is 2.51. The normalized spacial score (nSPS) is 18.7. The summed E-state index contributed by atoms with van der Waals surface area (Å²) in [5, 5.41) is 22.0. The van der Waals surface area contributed by atoms with E-state index in [2.05, 4.69) is 10.6 Å². The maximum atomic E-state index is 12.3. The van der Waals surface area contributed by atoms with E-state index in [-0.39, 0.29) is 19.4 Å². The number of nitrogens with one attached hydrogen (secondary N) is 2. The van der Waals surface area contributed by atoms with Crippen LogP contribution >= 0.6 is 0 Å². The van der Waals surface area contributed by atoms with Gasteiger partial charge in [-0.15, -0.1) is 0 Å². The summed E-state index contributed by atoms with van der Waals surface area (Å²) in [7, 11) is 0. The molecule has 26 heavy (non-hydrogen) atoms. The first kappa shape index (κ1) is 21.4. The molecule has 11 heteroatoms. The third-order valence-corrected chi connectivity index (χ3v) is 4.02. The summed E-state index contributed by atoms with van der Waals surface area (Å²) >= 11 is 0. The lowest BCUT2D eigenvalue weighted by molar-refractivity contribution is -0.143. The molecule has 1 heterocycles. The molecule has 0 aromatic rings. The highest BCUT2D eigenvalue weighted by molar-refractivity contribution is 5.92. The van der Waals surface area contributed by atoms with Gasteiger partial charge in [-0.25, -0.2) is 0 Å². The monoisotopic (exact) mass is 372 g/mol. The molecule has 6 N–H and O–H groups in total. The predicted molar refractivity (Wildman–Crippen MR) is 87.8 cm³/mol. The largest absolute Gasteiger partial charge is 0.481 e. The molecule has 0 radical (unpaired) electrons. The van der Waals surface area contributed by atoms with Crippen molar-refractivity contribution in [2.24, 2.45) is 5.73 Å². The Morgan fingerprint density at radius 3 is 2.46 bits per heavy atom. The van der Waals surface area contributed by atoms with Gasteiger partial charge in [-0.1, -0.05) is 0 Å². The summed E-state index contributed by atoms with van der Waals surface area (Å²) in [6, 6.07) is -2.91. The quantitative estimate of drug-likeness (QED) is 0.304. The number of hydrogen-bond acceptors (Lipinski definition) is 6. The molecule has 3 amide bonds. The van der Waals surface area contributed by atoms with E-state index in [9.17, 15) is 24.0 Å². The molecule has 0 bridgehead atoms. The molecule has 0 aliphatic carbocycles. The summed E-state index contributed by atoms with van der Waals surface area (Å²) in [5.41, 5.74) is 5.54. The zero-order valence-corrected chi connectivity index (χ0v) is 14.4. The molecule has 146 valence electrons. The van der Waals surface area contributed by atoms with Crippen LogP contribution in [0.5, 0.6) is 0 Å². The van der Waals surface area contributed by atoms with Crippen molar-refractivity contribution in [3.8, 4) is 0 Å². The Morgan fingerprint density at radius 1 is 1.23 bits per heavy atom. The fourth-order valence-corrected chi connectivity index (χ4v) is 2.51. The van der Waals surface area contributed by atoms with Crippen LogP contribution in [0.15, 0.2) is 0 Å².